The fourth-order valence-corrected chi connectivity index (χ4v) is 3.55. The van der Waals surface area contributed by atoms with Gasteiger partial charge >= 0.3 is 0 Å². The summed E-state index contributed by atoms with van der Waals surface area (Å²) in [5.74, 6) is 0. The normalized spacial score (nSPS) is 15.1. The highest BCUT2D eigenvalue weighted by atomic mass is 32.1. The molecule has 0 fully saturated rings. The van der Waals surface area contributed by atoms with Crippen LogP contribution in [0.4, 0.5) is 0 Å². The van der Waals surface area contributed by atoms with Gasteiger partial charge in [0, 0.05) is 22.9 Å². The van der Waals surface area contributed by atoms with Crippen LogP contribution < -0.4 is 0 Å². The number of hydrogen-bond acceptors (Lipinski definition) is 3. The molecule has 0 spiro atoms. The quantitative estimate of drug-likeness (QED) is 0.849. The molecule has 0 bridgehead atoms. The first kappa shape index (κ1) is 16.2. The molecule has 1 aromatic carbocycles. The molecule has 114 valence electrons. The highest BCUT2D eigenvalue weighted by Crippen LogP contribution is 2.36. The van der Waals surface area contributed by atoms with Gasteiger partial charge in [0.15, 0.2) is 0 Å². The van der Waals surface area contributed by atoms with E-state index in [0.717, 1.165) is 12.1 Å². The lowest BCUT2D eigenvalue weighted by molar-refractivity contribution is 0.0184. The van der Waals surface area contributed by atoms with Gasteiger partial charge in [-0.1, -0.05) is 50.2 Å². The zero-order valence-corrected chi connectivity index (χ0v) is 14.1. The van der Waals surface area contributed by atoms with Crippen molar-refractivity contribution in [1.82, 2.24) is 4.90 Å². The minimum absolute atomic E-state index is 0.207. The first-order valence-corrected chi connectivity index (χ1v) is 8.26. The topological polar surface area (TPSA) is 23.5 Å². The van der Waals surface area contributed by atoms with Crippen LogP contribution in [0.15, 0.2) is 47.8 Å². The first-order chi connectivity index (χ1) is 9.92. The monoisotopic (exact) mass is 303 g/mol. The first-order valence-electron chi connectivity index (χ1n) is 7.38. The number of aliphatic hydroxyl groups is 1. The lowest BCUT2D eigenvalue weighted by atomic mass is 9.82. The molecular weight excluding hydrogens is 278 g/mol. The molecule has 2 unspecified atom stereocenters. The fraction of sp³-hybridized carbons (Fsp3) is 0.444. The Morgan fingerprint density at radius 1 is 1.14 bits per heavy atom. The molecule has 0 radical (unpaired) electrons. The van der Waals surface area contributed by atoms with Gasteiger partial charge in [-0.3, -0.25) is 4.90 Å². The van der Waals surface area contributed by atoms with Gasteiger partial charge in [-0.15, -0.1) is 11.3 Å². The standard InChI is InChI=1S/C18H25NOS/c1-14(16-11-8-12-21-16)19(4)13-18(2,3)17(20)15-9-6-5-7-10-15/h5-12,14,17,20H,13H2,1-4H3. The van der Waals surface area contributed by atoms with Crippen LogP contribution in [-0.4, -0.2) is 23.6 Å². The van der Waals surface area contributed by atoms with Gasteiger partial charge < -0.3 is 5.11 Å². The van der Waals surface area contributed by atoms with Gasteiger partial charge in [0.25, 0.3) is 0 Å². The third-order valence-electron chi connectivity index (χ3n) is 4.13. The van der Waals surface area contributed by atoms with Crippen molar-refractivity contribution >= 4 is 11.3 Å². The van der Waals surface area contributed by atoms with Gasteiger partial charge in [0.1, 0.15) is 0 Å². The molecule has 2 aromatic rings. The summed E-state index contributed by atoms with van der Waals surface area (Å²) in [6.07, 6.45) is -0.461. The van der Waals surface area contributed by atoms with E-state index in [-0.39, 0.29) is 5.41 Å². The lowest BCUT2D eigenvalue weighted by Gasteiger charge is -2.37. The summed E-state index contributed by atoms with van der Waals surface area (Å²) in [7, 11) is 2.13. The molecule has 0 saturated heterocycles. The molecule has 2 nitrogen and oxygen atoms in total. The summed E-state index contributed by atoms with van der Waals surface area (Å²) in [4.78, 5) is 3.68. The van der Waals surface area contributed by atoms with Crippen LogP contribution in [0.5, 0.6) is 0 Å². The van der Waals surface area contributed by atoms with Crippen molar-refractivity contribution in [1.29, 1.82) is 0 Å². The molecule has 0 aliphatic carbocycles. The van der Waals surface area contributed by atoms with Crippen molar-refractivity contribution in [2.45, 2.75) is 32.9 Å². The molecule has 0 aliphatic heterocycles. The van der Waals surface area contributed by atoms with Crippen LogP contribution in [0.2, 0.25) is 0 Å². The number of benzene rings is 1. The Balaban J connectivity index is 2.06. The molecule has 1 heterocycles. The van der Waals surface area contributed by atoms with E-state index in [9.17, 15) is 5.11 Å². The second-order valence-electron chi connectivity index (χ2n) is 6.41. The van der Waals surface area contributed by atoms with Crippen molar-refractivity contribution < 1.29 is 5.11 Å². The maximum Gasteiger partial charge on any atom is 0.0853 e. The fourth-order valence-electron chi connectivity index (χ4n) is 2.70. The van der Waals surface area contributed by atoms with E-state index in [1.807, 2.05) is 30.3 Å². The van der Waals surface area contributed by atoms with Crippen molar-refractivity contribution in [3.8, 4) is 0 Å². The molecule has 2 rings (SSSR count). The Hall–Kier alpha value is -1.16. The van der Waals surface area contributed by atoms with Crippen molar-refractivity contribution in [3.63, 3.8) is 0 Å². The number of nitrogens with zero attached hydrogens (tertiary/aromatic N) is 1. The van der Waals surface area contributed by atoms with E-state index in [2.05, 4.69) is 50.2 Å². The highest BCUT2D eigenvalue weighted by molar-refractivity contribution is 7.10. The molecule has 0 aliphatic rings. The molecular formula is C18H25NOS. The number of rotatable bonds is 6. The van der Waals surface area contributed by atoms with E-state index >= 15 is 0 Å². The Kier molecular flexibility index (Phi) is 5.20. The summed E-state index contributed by atoms with van der Waals surface area (Å²) in [6.45, 7) is 7.31. The Labute approximate surface area is 132 Å². The van der Waals surface area contributed by atoms with Crippen LogP contribution in [0.1, 0.15) is 43.4 Å². The van der Waals surface area contributed by atoms with E-state index in [1.54, 1.807) is 11.3 Å². The van der Waals surface area contributed by atoms with Crippen LogP contribution in [-0.2, 0) is 0 Å². The molecule has 1 aromatic heterocycles. The summed E-state index contributed by atoms with van der Waals surface area (Å²) < 4.78 is 0. The predicted molar refractivity (Wildman–Crippen MR) is 90.5 cm³/mol. The summed E-state index contributed by atoms with van der Waals surface area (Å²) in [5.41, 5.74) is 0.779. The number of aliphatic hydroxyl groups excluding tert-OH is 1. The van der Waals surface area contributed by atoms with Gasteiger partial charge in [-0.2, -0.15) is 0 Å². The maximum absolute atomic E-state index is 10.7. The Morgan fingerprint density at radius 3 is 2.38 bits per heavy atom. The van der Waals surface area contributed by atoms with Gasteiger partial charge in [-0.25, -0.2) is 0 Å². The van der Waals surface area contributed by atoms with Crippen LogP contribution in [0, 0.1) is 5.41 Å². The summed E-state index contributed by atoms with van der Waals surface area (Å²) >= 11 is 1.79. The second-order valence-corrected chi connectivity index (χ2v) is 7.39. The average Bonchev–Trinajstić information content (AvgIpc) is 3.00. The van der Waals surface area contributed by atoms with E-state index < -0.39 is 6.10 Å². The van der Waals surface area contributed by atoms with E-state index in [1.165, 1.54) is 4.88 Å². The zero-order chi connectivity index (χ0) is 15.5. The van der Waals surface area contributed by atoms with Crippen LogP contribution >= 0.6 is 11.3 Å². The van der Waals surface area contributed by atoms with Crippen molar-refractivity contribution in [2.75, 3.05) is 13.6 Å². The van der Waals surface area contributed by atoms with Crippen LogP contribution in [0.25, 0.3) is 0 Å². The van der Waals surface area contributed by atoms with Crippen molar-refractivity contribution in [2.24, 2.45) is 5.41 Å². The molecule has 21 heavy (non-hydrogen) atoms. The van der Waals surface area contributed by atoms with Gasteiger partial charge in [-0.05, 0) is 31.0 Å². The SMILES string of the molecule is CC(c1cccs1)N(C)CC(C)(C)C(O)c1ccccc1. The van der Waals surface area contributed by atoms with Gasteiger partial charge in [0.05, 0.1) is 6.10 Å². The molecule has 0 amide bonds. The molecule has 2 atom stereocenters. The number of hydrogen-bond donors (Lipinski definition) is 1. The van der Waals surface area contributed by atoms with Gasteiger partial charge in [0.2, 0.25) is 0 Å². The van der Waals surface area contributed by atoms with E-state index in [4.69, 9.17) is 0 Å². The molecule has 3 heteroatoms. The largest absolute Gasteiger partial charge is 0.388 e. The lowest BCUT2D eigenvalue weighted by Crippen LogP contribution is -2.37. The smallest absolute Gasteiger partial charge is 0.0853 e. The zero-order valence-electron chi connectivity index (χ0n) is 13.3. The summed E-state index contributed by atoms with van der Waals surface area (Å²) in [6, 6.07) is 14.6. The second kappa shape index (κ2) is 6.73. The van der Waals surface area contributed by atoms with Crippen LogP contribution in [0.3, 0.4) is 0 Å². The minimum atomic E-state index is -0.461. The highest BCUT2D eigenvalue weighted by Gasteiger charge is 2.31. The predicted octanol–water partition coefficient (Wildman–Crippen LogP) is 4.50. The number of thiophene rings is 1. The summed E-state index contributed by atoms with van der Waals surface area (Å²) in [5, 5.41) is 12.8. The Bertz CT molecular complexity index is 536. The molecule has 0 saturated carbocycles. The average molecular weight is 303 g/mol. The minimum Gasteiger partial charge on any atom is -0.388 e. The van der Waals surface area contributed by atoms with E-state index in [0.29, 0.717) is 6.04 Å². The third-order valence-corrected chi connectivity index (χ3v) is 5.17. The maximum atomic E-state index is 10.7. The third kappa shape index (κ3) is 3.94. The Morgan fingerprint density at radius 2 is 1.81 bits per heavy atom. The molecule has 1 N–H and O–H groups in total. The van der Waals surface area contributed by atoms with Crippen molar-refractivity contribution in [3.05, 3.63) is 58.3 Å².